The maximum Gasteiger partial charge on any atom is 0.260 e. The van der Waals surface area contributed by atoms with Crippen molar-refractivity contribution in [2.45, 2.75) is 20.3 Å². The second kappa shape index (κ2) is 9.66. The van der Waals surface area contributed by atoms with Gasteiger partial charge in [-0.2, -0.15) is 0 Å². The molecule has 0 saturated heterocycles. The summed E-state index contributed by atoms with van der Waals surface area (Å²) in [6.07, 6.45) is 1.09. The minimum Gasteiger partial charge on any atom is -0.383 e. The summed E-state index contributed by atoms with van der Waals surface area (Å²) in [5.74, 6) is -0.0544. The largest absolute Gasteiger partial charge is 0.383 e. The highest BCUT2D eigenvalue weighted by Crippen LogP contribution is 2.29. The molecular weight excluding hydrogens is 370 g/mol. The molecule has 1 amide bonds. The van der Waals surface area contributed by atoms with Gasteiger partial charge in [0.2, 0.25) is 0 Å². The van der Waals surface area contributed by atoms with Crippen LogP contribution in [0.2, 0.25) is 0 Å². The first-order valence-electron chi connectivity index (χ1n) is 9.69. The number of para-hydroxylation sites is 1. The number of rotatable bonds is 9. The van der Waals surface area contributed by atoms with E-state index in [1.807, 2.05) is 48.5 Å². The molecule has 0 aliphatic rings. The summed E-state index contributed by atoms with van der Waals surface area (Å²) in [6, 6.07) is 15.8. The van der Waals surface area contributed by atoms with Gasteiger partial charge in [0.15, 0.2) is 5.13 Å². The number of hydrogen-bond acceptors (Lipinski definition) is 5. The average molecular weight is 398 g/mol. The minimum atomic E-state index is -0.0544. The molecule has 3 rings (SSSR count). The third-order valence-corrected chi connectivity index (χ3v) is 5.69. The molecule has 6 heteroatoms. The maximum absolute atomic E-state index is 13.2. The Morgan fingerprint density at radius 3 is 2.46 bits per heavy atom. The van der Waals surface area contributed by atoms with E-state index in [0.29, 0.717) is 23.8 Å². The van der Waals surface area contributed by atoms with E-state index in [1.54, 1.807) is 12.0 Å². The van der Waals surface area contributed by atoms with Crippen molar-refractivity contribution >= 4 is 38.3 Å². The lowest BCUT2D eigenvalue weighted by molar-refractivity contribution is 0.0976. The number of nitrogens with zero attached hydrogens (tertiary/aromatic N) is 3. The molecule has 1 heterocycles. The molecule has 0 unspecified atom stereocenters. The molecule has 0 fully saturated rings. The predicted octanol–water partition coefficient (Wildman–Crippen LogP) is 4.83. The van der Waals surface area contributed by atoms with E-state index in [1.165, 1.54) is 11.3 Å². The first-order valence-corrected chi connectivity index (χ1v) is 10.5. The molecule has 0 saturated carbocycles. The Hall–Kier alpha value is -2.44. The Bertz CT molecular complexity index is 875. The molecule has 0 atom stereocenters. The van der Waals surface area contributed by atoms with Crippen molar-refractivity contribution in [3.63, 3.8) is 0 Å². The lowest BCUT2D eigenvalue weighted by Gasteiger charge is -2.23. The molecule has 28 heavy (non-hydrogen) atoms. The summed E-state index contributed by atoms with van der Waals surface area (Å²) < 4.78 is 6.29. The molecule has 5 nitrogen and oxygen atoms in total. The number of fused-ring (bicyclic) bond motifs is 1. The number of thiazole rings is 1. The van der Waals surface area contributed by atoms with E-state index in [0.717, 1.165) is 35.4 Å². The number of methoxy groups -OCH3 is 1. The highest BCUT2D eigenvalue weighted by Gasteiger charge is 2.21. The van der Waals surface area contributed by atoms with Crippen LogP contribution in [0, 0.1) is 0 Å². The van der Waals surface area contributed by atoms with Crippen LogP contribution in [0.5, 0.6) is 0 Å². The van der Waals surface area contributed by atoms with E-state index in [2.05, 4.69) is 23.7 Å². The Balaban J connectivity index is 1.86. The quantitative estimate of drug-likeness (QED) is 0.519. The smallest absolute Gasteiger partial charge is 0.260 e. The van der Waals surface area contributed by atoms with Crippen LogP contribution in [-0.4, -0.2) is 44.2 Å². The standard InChI is InChI=1S/C22H27N3O2S/c1-4-14-24(5-2)18-12-10-17(11-13-18)21(26)25(15-16-27-3)22-23-19-8-6-7-9-20(19)28-22/h6-13H,4-5,14-16H2,1-3H3. The third kappa shape index (κ3) is 4.51. The Labute approximate surface area is 170 Å². The molecule has 0 bridgehead atoms. The number of anilines is 2. The molecule has 0 radical (unpaired) electrons. The van der Waals surface area contributed by atoms with Crippen LogP contribution in [0.15, 0.2) is 48.5 Å². The van der Waals surface area contributed by atoms with E-state index in [4.69, 9.17) is 4.74 Å². The number of amides is 1. The SMILES string of the molecule is CCCN(CC)c1ccc(C(=O)N(CCOC)c2nc3ccccc3s2)cc1. The van der Waals surface area contributed by atoms with E-state index < -0.39 is 0 Å². The predicted molar refractivity (Wildman–Crippen MR) is 118 cm³/mol. The van der Waals surface area contributed by atoms with Crippen LogP contribution in [0.3, 0.4) is 0 Å². The van der Waals surface area contributed by atoms with Crippen LogP contribution in [0.25, 0.3) is 10.2 Å². The number of aromatic nitrogens is 1. The third-order valence-electron chi connectivity index (χ3n) is 4.63. The maximum atomic E-state index is 13.2. The zero-order valence-corrected chi connectivity index (χ0v) is 17.5. The second-order valence-corrected chi connectivity index (χ2v) is 7.55. The molecule has 0 aliphatic carbocycles. The zero-order chi connectivity index (χ0) is 19.9. The molecule has 0 N–H and O–H groups in total. The summed E-state index contributed by atoms with van der Waals surface area (Å²) in [5, 5.41) is 0.702. The second-order valence-electron chi connectivity index (χ2n) is 6.54. The number of hydrogen-bond donors (Lipinski definition) is 0. The van der Waals surface area contributed by atoms with Gasteiger partial charge in [-0.3, -0.25) is 9.69 Å². The number of carbonyl (C=O) groups is 1. The fourth-order valence-corrected chi connectivity index (χ4v) is 4.14. The monoisotopic (exact) mass is 397 g/mol. The van der Waals surface area contributed by atoms with Gasteiger partial charge in [0.1, 0.15) is 0 Å². The van der Waals surface area contributed by atoms with Gasteiger partial charge in [-0.25, -0.2) is 4.98 Å². The van der Waals surface area contributed by atoms with Crippen molar-refractivity contribution in [3.8, 4) is 0 Å². The van der Waals surface area contributed by atoms with Crippen molar-refractivity contribution in [1.29, 1.82) is 0 Å². The molecule has 2 aromatic carbocycles. The first-order chi connectivity index (χ1) is 13.7. The van der Waals surface area contributed by atoms with E-state index in [-0.39, 0.29) is 5.91 Å². The Morgan fingerprint density at radius 2 is 1.82 bits per heavy atom. The van der Waals surface area contributed by atoms with Crippen LogP contribution in [-0.2, 0) is 4.74 Å². The van der Waals surface area contributed by atoms with Crippen molar-refractivity contribution in [1.82, 2.24) is 4.98 Å². The van der Waals surface area contributed by atoms with Crippen LogP contribution >= 0.6 is 11.3 Å². The van der Waals surface area contributed by atoms with Gasteiger partial charge in [-0.15, -0.1) is 0 Å². The van der Waals surface area contributed by atoms with Gasteiger partial charge in [0.25, 0.3) is 5.91 Å². The minimum absolute atomic E-state index is 0.0544. The summed E-state index contributed by atoms with van der Waals surface area (Å²) in [6.45, 7) is 7.20. The topological polar surface area (TPSA) is 45.7 Å². The van der Waals surface area contributed by atoms with Crippen LogP contribution in [0.1, 0.15) is 30.6 Å². The van der Waals surface area contributed by atoms with Gasteiger partial charge >= 0.3 is 0 Å². The summed E-state index contributed by atoms with van der Waals surface area (Å²) in [4.78, 5) is 21.9. The fourth-order valence-electron chi connectivity index (χ4n) is 3.15. The zero-order valence-electron chi connectivity index (χ0n) is 16.7. The van der Waals surface area contributed by atoms with Crippen molar-refractivity contribution in [2.75, 3.05) is 43.2 Å². The van der Waals surface area contributed by atoms with Crippen molar-refractivity contribution < 1.29 is 9.53 Å². The van der Waals surface area contributed by atoms with Gasteiger partial charge in [-0.05, 0) is 49.7 Å². The first kappa shape index (κ1) is 20.3. The number of carbonyl (C=O) groups excluding carboxylic acids is 1. The Morgan fingerprint density at radius 1 is 1.07 bits per heavy atom. The molecule has 3 aromatic rings. The Kier molecular flexibility index (Phi) is 7.01. The van der Waals surface area contributed by atoms with Crippen molar-refractivity contribution in [3.05, 3.63) is 54.1 Å². The number of benzene rings is 2. The lowest BCUT2D eigenvalue weighted by Crippen LogP contribution is -2.34. The lowest BCUT2D eigenvalue weighted by atomic mass is 10.1. The number of ether oxygens (including phenoxy) is 1. The van der Waals surface area contributed by atoms with Crippen molar-refractivity contribution in [2.24, 2.45) is 0 Å². The molecule has 0 aliphatic heterocycles. The summed E-state index contributed by atoms with van der Waals surface area (Å²) in [7, 11) is 1.64. The van der Waals surface area contributed by atoms with Gasteiger partial charge < -0.3 is 9.64 Å². The highest BCUT2D eigenvalue weighted by molar-refractivity contribution is 7.22. The summed E-state index contributed by atoms with van der Waals surface area (Å²) in [5.41, 5.74) is 2.71. The fraction of sp³-hybridized carbons (Fsp3) is 0.364. The van der Waals surface area contributed by atoms with E-state index >= 15 is 0 Å². The molecule has 148 valence electrons. The van der Waals surface area contributed by atoms with Crippen LogP contribution in [0.4, 0.5) is 10.8 Å². The molecular formula is C22H27N3O2S. The van der Waals surface area contributed by atoms with Gasteiger partial charge in [0.05, 0.1) is 23.4 Å². The highest BCUT2D eigenvalue weighted by atomic mass is 32.1. The normalized spacial score (nSPS) is 11.0. The summed E-state index contributed by atoms with van der Waals surface area (Å²) >= 11 is 1.53. The van der Waals surface area contributed by atoms with Crippen LogP contribution < -0.4 is 9.80 Å². The molecule has 1 aromatic heterocycles. The molecule has 0 spiro atoms. The van der Waals surface area contributed by atoms with E-state index in [9.17, 15) is 4.79 Å². The average Bonchev–Trinajstić information content (AvgIpc) is 3.16. The van der Waals surface area contributed by atoms with Gasteiger partial charge in [-0.1, -0.05) is 30.4 Å². The van der Waals surface area contributed by atoms with Gasteiger partial charge in [0, 0.05) is 31.5 Å².